The Hall–Kier alpha value is -1.46. The molecular formula is C14H22N4O. The van der Waals surface area contributed by atoms with Crippen LogP contribution in [0.4, 0.5) is 11.4 Å². The summed E-state index contributed by atoms with van der Waals surface area (Å²) in [6, 6.07) is 7.44. The first-order valence-electron chi connectivity index (χ1n) is 6.74. The van der Waals surface area contributed by atoms with Gasteiger partial charge in [-0.25, -0.2) is 0 Å². The fourth-order valence-electron chi connectivity index (χ4n) is 2.28. The Labute approximate surface area is 114 Å². The Balaban J connectivity index is 1.83. The Morgan fingerprint density at radius 1 is 1.26 bits per heavy atom. The van der Waals surface area contributed by atoms with E-state index in [1.165, 1.54) is 0 Å². The minimum atomic E-state index is 0.490. The molecule has 1 aliphatic rings. The summed E-state index contributed by atoms with van der Waals surface area (Å²) in [7, 11) is 4.22. The lowest BCUT2D eigenvalue weighted by Crippen LogP contribution is -2.46. The molecule has 1 fully saturated rings. The van der Waals surface area contributed by atoms with Crippen molar-refractivity contribution < 1.29 is 0 Å². The highest BCUT2D eigenvalue weighted by atomic mass is 16.3. The Morgan fingerprint density at radius 3 is 2.68 bits per heavy atom. The molecule has 0 bridgehead atoms. The molecule has 104 valence electrons. The lowest BCUT2D eigenvalue weighted by molar-refractivity contribution is 0.157. The number of rotatable bonds is 5. The van der Waals surface area contributed by atoms with E-state index in [4.69, 9.17) is 0 Å². The predicted octanol–water partition coefficient (Wildman–Crippen LogP) is 1.77. The number of nitroso groups, excluding NO2 is 1. The molecule has 0 unspecified atom stereocenters. The molecule has 0 aromatic heterocycles. The molecule has 1 aliphatic heterocycles. The summed E-state index contributed by atoms with van der Waals surface area (Å²) in [6.45, 7) is 6.60. The topological polar surface area (TPSA) is 39.1 Å². The highest BCUT2D eigenvalue weighted by molar-refractivity contribution is 5.54. The average Bonchev–Trinajstić information content (AvgIpc) is 2.46. The maximum atomic E-state index is 10.5. The molecule has 1 saturated heterocycles. The lowest BCUT2D eigenvalue weighted by Gasteiger charge is -2.33. The highest BCUT2D eigenvalue weighted by Crippen LogP contribution is 2.20. The molecule has 0 saturated carbocycles. The molecule has 2 rings (SSSR count). The van der Waals surface area contributed by atoms with Crippen molar-refractivity contribution in [2.24, 2.45) is 5.18 Å². The van der Waals surface area contributed by atoms with Gasteiger partial charge >= 0.3 is 0 Å². The van der Waals surface area contributed by atoms with Gasteiger partial charge in [0.25, 0.3) is 0 Å². The first kappa shape index (κ1) is 14.0. The van der Waals surface area contributed by atoms with E-state index in [1.54, 1.807) is 6.07 Å². The van der Waals surface area contributed by atoms with Gasteiger partial charge in [-0.2, -0.15) is 0 Å². The maximum Gasteiger partial charge on any atom is 0.110 e. The smallest absolute Gasteiger partial charge is 0.110 e. The SMILES string of the molecule is CN1CCN(CCN(C)c2cccc(N=O)c2)CC1. The highest BCUT2D eigenvalue weighted by Gasteiger charge is 2.13. The van der Waals surface area contributed by atoms with Gasteiger partial charge in [-0.15, -0.1) is 4.91 Å². The second-order valence-corrected chi connectivity index (χ2v) is 5.18. The van der Waals surface area contributed by atoms with E-state index in [0.29, 0.717) is 5.69 Å². The van der Waals surface area contributed by atoms with Gasteiger partial charge < -0.3 is 9.80 Å². The predicted molar refractivity (Wildman–Crippen MR) is 79.1 cm³/mol. The second-order valence-electron chi connectivity index (χ2n) is 5.18. The van der Waals surface area contributed by atoms with Gasteiger partial charge in [0.05, 0.1) is 0 Å². The van der Waals surface area contributed by atoms with Gasteiger partial charge in [0.1, 0.15) is 5.69 Å². The molecule has 0 atom stereocenters. The number of nitrogens with zero attached hydrogens (tertiary/aromatic N) is 4. The van der Waals surface area contributed by atoms with Crippen LogP contribution in [-0.4, -0.2) is 63.2 Å². The molecule has 0 amide bonds. The molecule has 1 aromatic rings. The van der Waals surface area contributed by atoms with Crippen LogP contribution in [0.1, 0.15) is 0 Å². The zero-order valence-corrected chi connectivity index (χ0v) is 11.7. The Bertz CT molecular complexity index is 416. The minimum Gasteiger partial charge on any atom is -0.373 e. The number of hydrogen-bond acceptors (Lipinski definition) is 5. The van der Waals surface area contributed by atoms with Crippen molar-refractivity contribution >= 4 is 11.4 Å². The van der Waals surface area contributed by atoms with Gasteiger partial charge in [-0.05, 0) is 30.4 Å². The standard InChI is InChI=1S/C14H22N4O/c1-16-6-9-18(10-7-16)11-8-17(2)14-5-3-4-13(12-14)15-19/h3-5,12H,6-11H2,1-2H3. The van der Waals surface area contributed by atoms with Crippen LogP contribution in [0.3, 0.4) is 0 Å². The maximum absolute atomic E-state index is 10.5. The molecule has 5 nitrogen and oxygen atoms in total. The molecule has 0 radical (unpaired) electrons. The number of piperazine rings is 1. The summed E-state index contributed by atoms with van der Waals surface area (Å²) >= 11 is 0. The number of anilines is 1. The largest absolute Gasteiger partial charge is 0.373 e. The Morgan fingerprint density at radius 2 is 2.00 bits per heavy atom. The normalized spacial score (nSPS) is 17.4. The van der Waals surface area contributed by atoms with Crippen LogP contribution in [0, 0.1) is 4.91 Å². The van der Waals surface area contributed by atoms with Crippen molar-refractivity contribution in [3.05, 3.63) is 29.2 Å². The van der Waals surface area contributed by atoms with Gasteiger partial charge in [0.2, 0.25) is 0 Å². The van der Waals surface area contributed by atoms with Crippen LogP contribution >= 0.6 is 0 Å². The first-order valence-corrected chi connectivity index (χ1v) is 6.74. The van der Waals surface area contributed by atoms with Gasteiger partial charge in [0.15, 0.2) is 0 Å². The van der Waals surface area contributed by atoms with E-state index in [-0.39, 0.29) is 0 Å². The molecule has 1 aromatic carbocycles. The zero-order chi connectivity index (χ0) is 13.7. The fourth-order valence-corrected chi connectivity index (χ4v) is 2.28. The van der Waals surface area contributed by atoms with Crippen LogP contribution in [-0.2, 0) is 0 Å². The Kier molecular flexibility index (Phi) is 4.87. The summed E-state index contributed by atoms with van der Waals surface area (Å²) < 4.78 is 0. The van der Waals surface area contributed by atoms with Crippen molar-refractivity contribution in [1.29, 1.82) is 0 Å². The van der Waals surface area contributed by atoms with Gasteiger partial charge in [-0.3, -0.25) is 4.90 Å². The van der Waals surface area contributed by atoms with E-state index < -0.39 is 0 Å². The van der Waals surface area contributed by atoms with Crippen molar-refractivity contribution in [1.82, 2.24) is 9.80 Å². The third kappa shape index (κ3) is 4.01. The molecule has 0 N–H and O–H groups in total. The number of hydrogen-bond donors (Lipinski definition) is 0. The summed E-state index contributed by atoms with van der Waals surface area (Å²) in [5.74, 6) is 0. The third-order valence-electron chi connectivity index (χ3n) is 3.72. The van der Waals surface area contributed by atoms with Gasteiger partial charge in [0, 0.05) is 52.0 Å². The molecule has 1 heterocycles. The van der Waals surface area contributed by atoms with Crippen LogP contribution in [0.2, 0.25) is 0 Å². The van der Waals surface area contributed by atoms with Crippen LogP contribution in [0.15, 0.2) is 29.4 Å². The third-order valence-corrected chi connectivity index (χ3v) is 3.72. The second kappa shape index (κ2) is 6.63. The number of likely N-dealkylation sites (N-methyl/N-ethyl adjacent to an activating group) is 2. The van der Waals surface area contributed by atoms with Crippen molar-refractivity contribution in [2.75, 3.05) is 58.3 Å². The first-order chi connectivity index (χ1) is 9.19. The monoisotopic (exact) mass is 262 g/mol. The number of benzene rings is 1. The van der Waals surface area contributed by atoms with Crippen LogP contribution in [0.5, 0.6) is 0 Å². The van der Waals surface area contributed by atoms with E-state index in [9.17, 15) is 4.91 Å². The molecule has 19 heavy (non-hydrogen) atoms. The van der Waals surface area contributed by atoms with Crippen molar-refractivity contribution in [3.63, 3.8) is 0 Å². The van der Waals surface area contributed by atoms with Crippen LogP contribution < -0.4 is 4.90 Å². The lowest BCUT2D eigenvalue weighted by atomic mass is 10.2. The van der Waals surface area contributed by atoms with E-state index in [2.05, 4.69) is 34.0 Å². The summed E-state index contributed by atoms with van der Waals surface area (Å²) in [5.41, 5.74) is 1.54. The summed E-state index contributed by atoms with van der Waals surface area (Å²) in [4.78, 5) is 17.6. The van der Waals surface area contributed by atoms with Crippen molar-refractivity contribution in [3.8, 4) is 0 Å². The van der Waals surface area contributed by atoms with Gasteiger partial charge in [-0.1, -0.05) is 6.07 Å². The van der Waals surface area contributed by atoms with E-state index >= 15 is 0 Å². The van der Waals surface area contributed by atoms with E-state index in [0.717, 1.165) is 45.0 Å². The molecule has 0 aliphatic carbocycles. The molecule has 0 spiro atoms. The summed E-state index contributed by atoms with van der Waals surface area (Å²) in [5, 5.41) is 2.98. The average molecular weight is 262 g/mol. The molecular weight excluding hydrogens is 240 g/mol. The van der Waals surface area contributed by atoms with E-state index in [1.807, 2.05) is 18.2 Å². The minimum absolute atomic E-state index is 0.490. The fraction of sp³-hybridized carbons (Fsp3) is 0.571. The molecule has 5 heteroatoms. The van der Waals surface area contributed by atoms with Crippen LogP contribution in [0.25, 0.3) is 0 Å². The zero-order valence-electron chi connectivity index (χ0n) is 11.7. The summed E-state index contributed by atoms with van der Waals surface area (Å²) in [6.07, 6.45) is 0. The van der Waals surface area contributed by atoms with Crippen molar-refractivity contribution in [2.45, 2.75) is 0 Å². The quantitative estimate of drug-likeness (QED) is 0.758.